The molecule has 1 aromatic rings. The highest BCUT2D eigenvalue weighted by atomic mass is 32.2. The van der Waals surface area contributed by atoms with Crippen LogP contribution in [0, 0.1) is 10.1 Å². The molecule has 0 spiro atoms. The fourth-order valence-electron chi connectivity index (χ4n) is 3.39. The lowest BCUT2D eigenvalue weighted by atomic mass is 9.83. The fraction of sp³-hybridized carbons (Fsp3) is 0.211. The van der Waals surface area contributed by atoms with Crippen molar-refractivity contribution in [1.29, 1.82) is 0 Å². The lowest BCUT2D eigenvalue weighted by Gasteiger charge is -2.26. The second-order valence-corrected chi connectivity index (χ2v) is 8.40. The van der Waals surface area contributed by atoms with Crippen LogP contribution < -0.4 is 4.90 Å². The molecule has 9 heteroatoms. The first-order valence-corrected chi connectivity index (χ1v) is 9.95. The highest BCUT2D eigenvalue weighted by Gasteiger charge is 2.41. The Morgan fingerprint density at radius 3 is 2.54 bits per heavy atom. The van der Waals surface area contributed by atoms with Crippen LogP contribution in [0.4, 0.5) is 5.69 Å². The Kier molecular flexibility index (Phi) is 4.82. The molecule has 0 atom stereocenters. The number of nitrogens with zero attached hydrogens (tertiary/aromatic N) is 2. The van der Waals surface area contributed by atoms with Crippen LogP contribution in [0.3, 0.4) is 0 Å². The van der Waals surface area contributed by atoms with Gasteiger partial charge in [0.25, 0.3) is 15.8 Å². The Labute approximate surface area is 162 Å². The molecule has 0 amide bonds. The average molecular weight is 402 g/mol. The van der Waals surface area contributed by atoms with Crippen molar-refractivity contribution in [3.05, 3.63) is 87.3 Å². The molecule has 28 heavy (non-hydrogen) atoms. The monoisotopic (exact) mass is 402 g/mol. The molecule has 0 radical (unpaired) electrons. The van der Waals surface area contributed by atoms with Crippen molar-refractivity contribution in [3.63, 3.8) is 0 Å². The van der Waals surface area contributed by atoms with Crippen molar-refractivity contribution in [2.45, 2.75) is 19.3 Å². The Morgan fingerprint density at radius 2 is 1.89 bits per heavy atom. The van der Waals surface area contributed by atoms with E-state index in [0.717, 1.165) is 17.7 Å². The van der Waals surface area contributed by atoms with Crippen LogP contribution in [0.25, 0.3) is 0 Å². The number of nitro groups is 1. The van der Waals surface area contributed by atoms with Crippen molar-refractivity contribution in [2.75, 3.05) is 10.8 Å². The molecule has 0 unspecified atom stereocenters. The Hall–Kier alpha value is -3.04. The first-order valence-electron chi connectivity index (χ1n) is 8.34. The number of hydrogen-bond donors (Lipinski definition) is 1. The molecule has 0 fully saturated rings. The SMILES string of the molecule is CC1(C)C(=CC=C2C=C([N+](=O)[O-])C=CC2=O)N(CS(=O)(=O)O)c2ccccc21. The van der Waals surface area contributed by atoms with Gasteiger partial charge in [0.05, 0.1) is 4.92 Å². The fourth-order valence-corrected chi connectivity index (χ4v) is 4.00. The second kappa shape index (κ2) is 6.84. The van der Waals surface area contributed by atoms with Gasteiger partial charge in [-0.3, -0.25) is 19.5 Å². The number of anilines is 1. The Balaban J connectivity index is 2.11. The van der Waals surface area contributed by atoms with E-state index < -0.39 is 32.1 Å². The molecule has 0 saturated heterocycles. The van der Waals surface area contributed by atoms with Crippen molar-refractivity contribution in [2.24, 2.45) is 0 Å². The van der Waals surface area contributed by atoms with Crippen LogP contribution in [0.2, 0.25) is 0 Å². The number of fused-ring (bicyclic) bond motifs is 1. The first-order chi connectivity index (χ1) is 13.0. The number of ketones is 1. The van der Waals surface area contributed by atoms with E-state index in [1.807, 2.05) is 26.0 Å². The number of rotatable bonds is 4. The van der Waals surface area contributed by atoms with Crippen LogP contribution in [-0.2, 0) is 20.3 Å². The maximum atomic E-state index is 12.1. The molecule has 3 rings (SSSR count). The lowest BCUT2D eigenvalue weighted by Crippen LogP contribution is -2.30. The van der Waals surface area contributed by atoms with E-state index in [1.165, 1.54) is 17.1 Å². The minimum Gasteiger partial charge on any atom is -0.327 e. The summed E-state index contributed by atoms with van der Waals surface area (Å²) in [5, 5.41) is 11.0. The van der Waals surface area contributed by atoms with Crippen molar-refractivity contribution in [3.8, 4) is 0 Å². The zero-order valence-electron chi connectivity index (χ0n) is 15.2. The first kappa shape index (κ1) is 19.7. The van der Waals surface area contributed by atoms with Crippen molar-refractivity contribution < 1.29 is 22.7 Å². The van der Waals surface area contributed by atoms with Gasteiger partial charge in [-0.15, -0.1) is 0 Å². The third kappa shape index (κ3) is 3.67. The molecule has 0 saturated carbocycles. The predicted octanol–water partition coefficient (Wildman–Crippen LogP) is 2.74. The third-order valence-electron chi connectivity index (χ3n) is 4.72. The lowest BCUT2D eigenvalue weighted by molar-refractivity contribution is -0.419. The van der Waals surface area contributed by atoms with E-state index in [-0.39, 0.29) is 11.3 Å². The number of para-hydroxylation sites is 1. The maximum Gasteiger partial charge on any atom is 0.283 e. The molecule has 1 aliphatic carbocycles. The summed E-state index contributed by atoms with van der Waals surface area (Å²) in [7, 11) is -4.32. The molecule has 0 bridgehead atoms. The number of carbonyl (C=O) groups excluding carboxylic acids is 1. The van der Waals surface area contributed by atoms with Gasteiger partial charge in [-0.25, -0.2) is 0 Å². The molecule has 1 aliphatic heterocycles. The van der Waals surface area contributed by atoms with E-state index >= 15 is 0 Å². The summed E-state index contributed by atoms with van der Waals surface area (Å²) >= 11 is 0. The smallest absolute Gasteiger partial charge is 0.283 e. The van der Waals surface area contributed by atoms with Gasteiger partial charge in [0.15, 0.2) is 11.7 Å². The van der Waals surface area contributed by atoms with Crippen molar-refractivity contribution >= 4 is 21.6 Å². The molecular formula is C19H18N2O6S. The summed E-state index contributed by atoms with van der Waals surface area (Å²) in [6.45, 7) is 3.78. The largest absolute Gasteiger partial charge is 0.327 e. The third-order valence-corrected chi connectivity index (χ3v) is 5.30. The molecule has 1 N–H and O–H groups in total. The molecule has 8 nitrogen and oxygen atoms in total. The van der Waals surface area contributed by atoms with E-state index in [4.69, 9.17) is 0 Å². The minimum atomic E-state index is -4.32. The van der Waals surface area contributed by atoms with E-state index in [2.05, 4.69) is 0 Å². The summed E-state index contributed by atoms with van der Waals surface area (Å²) in [5.74, 6) is -1.04. The van der Waals surface area contributed by atoms with Gasteiger partial charge in [0.1, 0.15) is 0 Å². The highest BCUT2D eigenvalue weighted by molar-refractivity contribution is 7.85. The molecule has 0 aromatic heterocycles. The van der Waals surface area contributed by atoms with Gasteiger partial charge in [-0.1, -0.05) is 32.0 Å². The maximum absolute atomic E-state index is 12.1. The number of allylic oxidation sites excluding steroid dienone is 7. The van der Waals surface area contributed by atoms with Crippen LogP contribution in [0.15, 0.2) is 71.6 Å². The highest BCUT2D eigenvalue weighted by Crippen LogP contribution is 2.47. The van der Waals surface area contributed by atoms with Gasteiger partial charge in [0.2, 0.25) is 0 Å². The molecule has 1 aromatic carbocycles. The van der Waals surface area contributed by atoms with Gasteiger partial charge >= 0.3 is 0 Å². The average Bonchev–Trinajstić information content (AvgIpc) is 2.80. The summed E-state index contributed by atoms with van der Waals surface area (Å²) in [5.41, 5.74) is 1.32. The number of hydrogen-bond acceptors (Lipinski definition) is 6. The van der Waals surface area contributed by atoms with E-state index in [0.29, 0.717) is 11.4 Å². The molecule has 146 valence electrons. The summed E-state index contributed by atoms with van der Waals surface area (Å²) in [6.07, 6.45) is 6.41. The topological polar surface area (TPSA) is 118 Å². The molecular weight excluding hydrogens is 384 g/mol. The second-order valence-electron chi connectivity index (χ2n) is 6.98. The Morgan fingerprint density at radius 1 is 1.21 bits per heavy atom. The summed E-state index contributed by atoms with van der Waals surface area (Å²) < 4.78 is 32.5. The van der Waals surface area contributed by atoms with Crippen LogP contribution in [-0.4, -0.2) is 29.6 Å². The standard InChI is InChI=1S/C19H18N2O6S/c1-19(2)15-5-3-4-6-16(15)20(12-28(25,26)27)18(19)10-7-13-11-14(21(23)24)8-9-17(13)22/h3-11H,12H2,1-2H3,(H,25,26,27). The van der Waals surface area contributed by atoms with Crippen LogP contribution in [0.5, 0.6) is 0 Å². The Bertz CT molecular complexity index is 1090. The quantitative estimate of drug-likeness (QED) is 0.356. The zero-order chi connectivity index (χ0) is 20.7. The summed E-state index contributed by atoms with van der Waals surface area (Å²) in [4.78, 5) is 23.9. The zero-order valence-corrected chi connectivity index (χ0v) is 16.0. The molecule has 2 aliphatic rings. The molecule has 1 heterocycles. The minimum absolute atomic E-state index is 0.111. The van der Waals surface area contributed by atoms with Crippen LogP contribution in [0.1, 0.15) is 19.4 Å². The van der Waals surface area contributed by atoms with Crippen molar-refractivity contribution in [1.82, 2.24) is 0 Å². The summed E-state index contributed by atoms with van der Waals surface area (Å²) in [6, 6.07) is 7.19. The van der Waals surface area contributed by atoms with E-state index in [1.54, 1.807) is 18.2 Å². The predicted molar refractivity (Wildman–Crippen MR) is 104 cm³/mol. The van der Waals surface area contributed by atoms with Gasteiger partial charge in [-0.2, -0.15) is 8.42 Å². The van der Waals surface area contributed by atoms with Gasteiger partial charge < -0.3 is 4.90 Å². The number of benzene rings is 1. The van der Waals surface area contributed by atoms with E-state index in [9.17, 15) is 27.9 Å². The van der Waals surface area contributed by atoms with Gasteiger partial charge in [0, 0.05) is 34.5 Å². The van der Waals surface area contributed by atoms with Gasteiger partial charge in [-0.05, 0) is 29.9 Å². The normalized spacial score (nSPS) is 21.2. The number of carbonyl (C=O) groups is 1. The van der Waals surface area contributed by atoms with Crippen LogP contribution >= 0.6 is 0 Å².